The number of rotatable bonds is 4. The van der Waals surface area contributed by atoms with Gasteiger partial charge in [-0.1, -0.05) is 6.07 Å². The van der Waals surface area contributed by atoms with Gasteiger partial charge in [-0.15, -0.1) is 0 Å². The van der Waals surface area contributed by atoms with Gasteiger partial charge in [-0.2, -0.15) is 4.98 Å². The molecule has 19 heavy (non-hydrogen) atoms. The van der Waals surface area contributed by atoms with Crippen LogP contribution < -0.4 is 5.32 Å². The molecular weight excluding hydrogens is 270 g/mol. The number of anilines is 1. The summed E-state index contributed by atoms with van der Waals surface area (Å²) in [5.74, 6) is 0.0846. The smallest absolute Gasteiger partial charge is 0.329 e. The van der Waals surface area contributed by atoms with Crippen molar-refractivity contribution < 1.29 is 4.92 Å². The molecule has 0 aliphatic rings. The van der Waals surface area contributed by atoms with Crippen LogP contribution in [0.25, 0.3) is 0 Å². The fourth-order valence-corrected chi connectivity index (χ4v) is 1.65. The summed E-state index contributed by atoms with van der Waals surface area (Å²) in [4.78, 5) is 21.8. The standard InChI is InChI=1S/C11H10ClN5O2/c1-7(8-3-2-4-13-5-8)15-10-9(17(18)19)6-14-11(12)16-10/h2-7H,1H3,(H,14,15,16)/t7-/m1/s1. The Kier molecular flexibility index (Phi) is 3.86. The SMILES string of the molecule is C[C@@H](Nc1nc(Cl)ncc1[N+](=O)[O-])c1cccnc1. The summed E-state index contributed by atoms with van der Waals surface area (Å²) < 4.78 is 0. The molecule has 0 fully saturated rings. The number of hydrogen-bond acceptors (Lipinski definition) is 6. The fourth-order valence-electron chi connectivity index (χ4n) is 1.51. The number of halogens is 1. The van der Waals surface area contributed by atoms with Gasteiger partial charge in [0.25, 0.3) is 0 Å². The van der Waals surface area contributed by atoms with Crippen molar-refractivity contribution in [1.29, 1.82) is 0 Å². The molecule has 2 heterocycles. The van der Waals surface area contributed by atoms with E-state index in [0.717, 1.165) is 11.8 Å². The van der Waals surface area contributed by atoms with E-state index in [9.17, 15) is 10.1 Å². The molecule has 2 aromatic heterocycles. The number of hydrogen-bond donors (Lipinski definition) is 1. The zero-order valence-corrected chi connectivity index (χ0v) is 10.7. The Morgan fingerprint density at radius 2 is 2.26 bits per heavy atom. The second-order valence-corrected chi connectivity index (χ2v) is 4.12. The van der Waals surface area contributed by atoms with Gasteiger partial charge in [-0.25, -0.2) is 4.98 Å². The third-order valence-electron chi connectivity index (χ3n) is 2.47. The second kappa shape index (κ2) is 5.57. The fraction of sp³-hybridized carbons (Fsp3) is 0.182. The van der Waals surface area contributed by atoms with Crippen LogP contribution in [0.4, 0.5) is 11.5 Å². The van der Waals surface area contributed by atoms with E-state index in [0.29, 0.717) is 0 Å². The van der Waals surface area contributed by atoms with Crippen molar-refractivity contribution in [2.45, 2.75) is 13.0 Å². The van der Waals surface area contributed by atoms with Crippen molar-refractivity contribution >= 4 is 23.1 Å². The van der Waals surface area contributed by atoms with Crippen LogP contribution in [-0.4, -0.2) is 19.9 Å². The third-order valence-corrected chi connectivity index (χ3v) is 2.66. The highest BCUT2D eigenvalue weighted by Gasteiger charge is 2.19. The predicted octanol–water partition coefficient (Wildman–Crippen LogP) is 2.61. The summed E-state index contributed by atoms with van der Waals surface area (Å²) in [6.45, 7) is 1.84. The maximum atomic E-state index is 10.9. The zero-order valence-electron chi connectivity index (χ0n) is 9.95. The highest BCUT2D eigenvalue weighted by molar-refractivity contribution is 6.28. The summed E-state index contributed by atoms with van der Waals surface area (Å²) in [6.07, 6.45) is 4.40. The quantitative estimate of drug-likeness (QED) is 0.525. The van der Waals surface area contributed by atoms with Crippen molar-refractivity contribution in [1.82, 2.24) is 15.0 Å². The Hall–Kier alpha value is -2.28. The van der Waals surface area contributed by atoms with Crippen molar-refractivity contribution in [3.63, 3.8) is 0 Å². The van der Waals surface area contributed by atoms with E-state index in [1.165, 1.54) is 0 Å². The van der Waals surface area contributed by atoms with Crippen molar-refractivity contribution in [2.75, 3.05) is 5.32 Å². The first-order chi connectivity index (χ1) is 9.08. The molecule has 0 amide bonds. The van der Waals surface area contributed by atoms with Crippen LogP contribution >= 0.6 is 11.6 Å². The van der Waals surface area contributed by atoms with E-state index >= 15 is 0 Å². The maximum Gasteiger partial charge on any atom is 0.329 e. The van der Waals surface area contributed by atoms with Crippen LogP contribution in [0.15, 0.2) is 30.7 Å². The molecule has 0 saturated carbocycles. The molecule has 0 unspecified atom stereocenters. The van der Waals surface area contributed by atoms with Crippen molar-refractivity contribution in [2.24, 2.45) is 0 Å². The predicted molar refractivity (Wildman–Crippen MR) is 70.0 cm³/mol. The summed E-state index contributed by atoms with van der Waals surface area (Å²) in [5, 5.41) is 13.8. The monoisotopic (exact) mass is 279 g/mol. The van der Waals surface area contributed by atoms with Gasteiger partial charge in [-0.05, 0) is 30.2 Å². The largest absolute Gasteiger partial charge is 0.358 e. The molecule has 1 atom stereocenters. The Balaban J connectivity index is 2.28. The molecule has 7 nitrogen and oxygen atoms in total. The number of pyridine rings is 1. The summed E-state index contributed by atoms with van der Waals surface area (Å²) in [5.41, 5.74) is 0.659. The number of nitrogens with zero attached hydrogens (tertiary/aromatic N) is 4. The molecular formula is C11H10ClN5O2. The van der Waals surface area contributed by atoms with Crippen molar-refractivity contribution in [3.8, 4) is 0 Å². The third kappa shape index (κ3) is 3.14. The minimum atomic E-state index is -0.561. The minimum Gasteiger partial charge on any atom is -0.358 e. The minimum absolute atomic E-state index is 0.0495. The molecule has 2 aromatic rings. The van der Waals surface area contributed by atoms with Crippen LogP contribution in [0.2, 0.25) is 5.28 Å². The Morgan fingerprint density at radius 1 is 1.47 bits per heavy atom. The van der Waals surface area contributed by atoms with Crippen LogP contribution in [0.3, 0.4) is 0 Å². The number of nitro groups is 1. The topological polar surface area (TPSA) is 93.8 Å². The van der Waals surface area contributed by atoms with Crippen LogP contribution in [0.1, 0.15) is 18.5 Å². The van der Waals surface area contributed by atoms with Crippen molar-refractivity contribution in [3.05, 3.63) is 51.7 Å². The molecule has 1 N–H and O–H groups in total. The maximum absolute atomic E-state index is 10.9. The first-order valence-corrected chi connectivity index (χ1v) is 5.79. The Labute approximate surface area is 113 Å². The molecule has 0 bridgehead atoms. The number of aromatic nitrogens is 3. The van der Waals surface area contributed by atoms with Gasteiger partial charge in [0.1, 0.15) is 6.20 Å². The highest BCUT2D eigenvalue weighted by Crippen LogP contribution is 2.26. The molecule has 98 valence electrons. The van der Waals surface area contributed by atoms with E-state index in [1.807, 2.05) is 13.0 Å². The average Bonchev–Trinajstić information content (AvgIpc) is 2.39. The van der Waals surface area contributed by atoms with Gasteiger partial charge in [-0.3, -0.25) is 15.1 Å². The van der Waals surface area contributed by atoms with Gasteiger partial charge in [0.05, 0.1) is 11.0 Å². The molecule has 0 aromatic carbocycles. The van der Waals surface area contributed by atoms with E-state index in [1.54, 1.807) is 18.5 Å². The lowest BCUT2D eigenvalue weighted by Crippen LogP contribution is -2.10. The Morgan fingerprint density at radius 3 is 2.89 bits per heavy atom. The van der Waals surface area contributed by atoms with E-state index in [2.05, 4.69) is 20.3 Å². The van der Waals surface area contributed by atoms with Crippen LogP contribution in [-0.2, 0) is 0 Å². The van der Waals surface area contributed by atoms with E-state index < -0.39 is 4.92 Å². The first-order valence-electron chi connectivity index (χ1n) is 5.41. The molecule has 0 radical (unpaired) electrons. The summed E-state index contributed by atoms with van der Waals surface area (Å²) >= 11 is 5.65. The van der Waals surface area contributed by atoms with E-state index in [4.69, 9.17) is 11.6 Å². The van der Waals surface area contributed by atoms with Gasteiger partial charge in [0.2, 0.25) is 11.1 Å². The molecule has 0 saturated heterocycles. The molecule has 0 spiro atoms. The van der Waals surface area contributed by atoms with Crippen LogP contribution in [0.5, 0.6) is 0 Å². The first kappa shape index (κ1) is 13.2. The Bertz CT molecular complexity index is 593. The van der Waals surface area contributed by atoms with Gasteiger partial charge < -0.3 is 5.32 Å². The second-order valence-electron chi connectivity index (χ2n) is 3.78. The lowest BCUT2D eigenvalue weighted by molar-refractivity contribution is -0.384. The average molecular weight is 280 g/mol. The normalized spacial score (nSPS) is 11.9. The van der Waals surface area contributed by atoms with Gasteiger partial charge >= 0.3 is 5.69 Å². The molecule has 0 aliphatic heterocycles. The number of nitrogens with one attached hydrogen (secondary N) is 1. The lowest BCUT2D eigenvalue weighted by Gasteiger charge is -2.14. The highest BCUT2D eigenvalue weighted by atomic mass is 35.5. The summed E-state index contributed by atoms with van der Waals surface area (Å²) in [7, 11) is 0. The van der Waals surface area contributed by atoms with Gasteiger partial charge in [0, 0.05) is 12.4 Å². The molecule has 0 aliphatic carbocycles. The van der Waals surface area contributed by atoms with E-state index in [-0.39, 0.29) is 22.8 Å². The van der Waals surface area contributed by atoms with Gasteiger partial charge in [0.15, 0.2) is 0 Å². The zero-order chi connectivity index (χ0) is 13.8. The lowest BCUT2D eigenvalue weighted by atomic mass is 10.1. The summed E-state index contributed by atoms with van der Waals surface area (Å²) in [6, 6.07) is 3.45. The van der Waals surface area contributed by atoms with Crippen LogP contribution in [0, 0.1) is 10.1 Å². The molecule has 8 heteroatoms. The molecule has 2 rings (SSSR count).